The highest BCUT2D eigenvalue weighted by Crippen LogP contribution is 2.35. The maximum absolute atomic E-state index is 13.2. The zero-order valence-corrected chi connectivity index (χ0v) is 19.7. The lowest BCUT2D eigenvalue weighted by Crippen LogP contribution is -2.34. The van der Waals surface area contributed by atoms with Gasteiger partial charge in [-0.15, -0.1) is 0 Å². The zero-order chi connectivity index (χ0) is 24.5. The Bertz CT molecular complexity index is 1140. The van der Waals surface area contributed by atoms with Gasteiger partial charge < -0.3 is 20.1 Å². The van der Waals surface area contributed by atoms with Gasteiger partial charge >= 0.3 is 6.18 Å². The lowest BCUT2D eigenvalue weighted by Gasteiger charge is -2.33. The van der Waals surface area contributed by atoms with E-state index in [-0.39, 0.29) is 11.7 Å². The molecule has 0 amide bonds. The molecule has 0 aliphatic carbocycles. The van der Waals surface area contributed by atoms with Gasteiger partial charge in [0.15, 0.2) is 5.82 Å². The van der Waals surface area contributed by atoms with Crippen molar-refractivity contribution in [2.24, 2.45) is 0 Å². The van der Waals surface area contributed by atoms with Crippen molar-refractivity contribution in [1.29, 1.82) is 0 Å². The predicted molar refractivity (Wildman–Crippen MR) is 125 cm³/mol. The Hall–Kier alpha value is -2.92. The van der Waals surface area contributed by atoms with E-state index in [0.29, 0.717) is 41.7 Å². The number of anilines is 2. The van der Waals surface area contributed by atoms with Crippen molar-refractivity contribution in [2.45, 2.75) is 31.5 Å². The molecule has 0 unspecified atom stereocenters. The number of aromatic nitrogens is 5. The Labute approximate surface area is 200 Å². The van der Waals surface area contributed by atoms with Crippen LogP contribution in [-0.4, -0.2) is 63.1 Å². The van der Waals surface area contributed by atoms with E-state index in [1.165, 1.54) is 12.5 Å². The summed E-state index contributed by atoms with van der Waals surface area (Å²) in [6.45, 7) is 2.86. The van der Waals surface area contributed by atoms with E-state index in [1.54, 1.807) is 6.07 Å². The van der Waals surface area contributed by atoms with Crippen molar-refractivity contribution >= 4 is 23.2 Å². The van der Waals surface area contributed by atoms with Gasteiger partial charge in [0, 0.05) is 50.1 Å². The summed E-state index contributed by atoms with van der Waals surface area (Å²) in [5.41, 5.74) is 5.80. The molecular formula is C22H26ClF3N8. The van der Waals surface area contributed by atoms with E-state index in [0.717, 1.165) is 31.3 Å². The number of likely N-dealkylation sites (N-methyl/N-ethyl adjacent to an activating group) is 1. The molecule has 1 aliphatic rings. The van der Waals surface area contributed by atoms with Crippen LogP contribution in [-0.2, 0) is 12.7 Å². The van der Waals surface area contributed by atoms with E-state index >= 15 is 0 Å². The molecule has 1 saturated heterocycles. The van der Waals surface area contributed by atoms with Crippen LogP contribution in [0.15, 0.2) is 30.9 Å². The Kier molecular flexibility index (Phi) is 6.94. The number of piperidine rings is 1. The van der Waals surface area contributed by atoms with Gasteiger partial charge in [-0.1, -0.05) is 11.6 Å². The van der Waals surface area contributed by atoms with E-state index in [4.69, 9.17) is 22.3 Å². The number of hydrogen-bond donors (Lipinski definition) is 1. The average molecular weight is 495 g/mol. The van der Waals surface area contributed by atoms with E-state index in [9.17, 15) is 13.2 Å². The molecule has 1 aliphatic heterocycles. The number of alkyl halides is 3. The van der Waals surface area contributed by atoms with Gasteiger partial charge in [-0.25, -0.2) is 15.0 Å². The molecule has 3 aromatic rings. The summed E-state index contributed by atoms with van der Waals surface area (Å²) in [6, 6.07) is 2.61. The standard InChI is InChI=1S/C22H26ClF3N8/c1-32(2)9-10-34-12-16(15-3-6-28-17(11-15)22(24,25)26)31-20(34)14-4-7-33(8-5-14)21-18(23)19(27)29-13-30-21/h3,6,11-14H,4-5,7-10H2,1-2H3,(H2,27,29,30). The normalized spacial score (nSPS) is 15.3. The maximum Gasteiger partial charge on any atom is 0.433 e. The molecule has 3 aromatic heterocycles. The summed E-state index contributed by atoms with van der Waals surface area (Å²) < 4.78 is 41.6. The van der Waals surface area contributed by atoms with Crippen molar-refractivity contribution in [1.82, 2.24) is 29.4 Å². The van der Waals surface area contributed by atoms with Crippen LogP contribution >= 0.6 is 11.6 Å². The SMILES string of the molecule is CN(C)CCn1cc(-c2ccnc(C(F)(F)F)c2)nc1C1CCN(c2ncnc(N)c2Cl)CC1. The van der Waals surface area contributed by atoms with Gasteiger partial charge in [-0.2, -0.15) is 13.2 Å². The highest BCUT2D eigenvalue weighted by atomic mass is 35.5. The predicted octanol–water partition coefficient (Wildman–Crippen LogP) is 3.94. The molecule has 34 heavy (non-hydrogen) atoms. The van der Waals surface area contributed by atoms with Crippen molar-refractivity contribution in [3.8, 4) is 11.3 Å². The molecular weight excluding hydrogens is 469 g/mol. The Morgan fingerprint density at radius 1 is 1.18 bits per heavy atom. The maximum atomic E-state index is 13.2. The van der Waals surface area contributed by atoms with Gasteiger partial charge in [0.2, 0.25) is 0 Å². The molecule has 0 radical (unpaired) electrons. The van der Waals surface area contributed by atoms with Crippen LogP contribution in [0.5, 0.6) is 0 Å². The van der Waals surface area contributed by atoms with Crippen LogP contribution in [0.2, 0.25) is 5.02 Å². The molecule has 0 atom stereocenters. The minimum absolute atomic E-state index is 0.147. The summed E-state index contributed by atoms with van der Waals surface area (Å²) >= 11 is 6.29. The molecule has 12 heteroatoms. The van der Waals surface area contributed by atoms with Gasteiger partial charge in [-0.3, -0.25) is 4.98 Å². The molecule has 4 heterocycles. The summed E-state index contributed by atoms with van der Waals surface area (Å²) in [5.74, 6) is 1.87. The lowest BCUT2D eigenvalue weighted by atomic mass is 9.96. The van der Waals surface area contributed by atoms with Crippen LogP contribution in [0, 0.1) is 0 Å². The topological polar surface area (TPSA) is 89.0 Å². The van der Waals surface area contributed by atoms with Crippen molar-refractivity contribution in [3.63, 3.8) is 0 Å². The number of rotatable bonds is 6. The number of halogens is 4. The van der Waals surface area contributed by atoms with Crippen LogP contribution in [0.4, 0.5) is 24.8 Å². The Morgan fingerprint density at radius 2 is 1.91 bits per heavy atom. The fraction of sp³-hybridized carbons (Fsp3) is 0.455. The number of nitrogens with two attached hydrogens (primary N) is 1. The molecule has 1 fully saturated rings. The third-order valence-electron chi connectivity index (χ3n) is 5.90. The zero-order valence-electron chi connectivity index (χ0n) is 18.9. The molecule has 0 bridgehead atoms. The lowest BCUT2D eigenvalue weighted by molar-refractivity contribution is -0.141. The van der Waals surface area contributed by atoms with E-state index in [1.807, 2.05) is 20.3 Å². The molecule has 0 aromatic carbocycles. The summed E-state index contributed by atoms with van der Waals surface area (Å²) in [6.07, 6.45) is 1.48. The second-order valence-corrected chi connectivity index (χ2v) is 8.94. The van der Waals surface area contributed by atoms with E-state index in [2.05, 4.69) is 29.3 Å². The quantitative estimate of drug-likeness (QED) is 0.555. The van der Waals surface area contributed by atoms with Crippen LogP contribution in [0.25, 0.3) is 11.3 Å². The van der Waals surface area contributed by atoms with Crippen LogP contribution in [0.3, 0.4) is 0 Å². The first-order chi connectivity index (χ1) is 16.1. The van der Waals surface area contributed by atoms with Gasteiger partial charge in [0.1, 0.15) is 28.7 Å². The van der Waals surface area contributed by atoms with Gasteiger partial charge in [0.05, 0.1) is 5.69 Å². The molecule has 8 nitrogen and oxygen atoms in total. The number of nitrogen functional groups attached to an aromatic ring is 1. The minimum Gasteiger partial charge on any atom is -0.382 e. The second kappa shape index (κ2) is 9.75. The molecule has 4 rings (SSSR count). The number of nitrogens with zero attached hydrogens (tertiary/aromatic N) is 7. The Balaban J connectivity index is 1.59. The molecule has 2 N–H and O–H groups in total. The van der Waals surface area contributed by atoms with Crippen molar-refractivity contribution < 1.29 is 13.2 Å². The molecule has 182 valence electrons. The first kappa shape index (κ1) is 24.2. The third kappa shape index (κ3) is 5.25. The van der Waals surface area contributed by atoms with Gasteiger partial charge in [0.25, 0.3) is 0 Å². The van der Waals surface area contributed by atoms with Gasteiger partial charge in [-0.05, 0) is 39.1 Å². The molecule has 0 saturated carbocycles. The third-order valence-corrected chi connectivity index (χ3v) is 6.26. The van der Waals surface area contributed by atoms with Crippen LogP contribution < -0.4 is 10.6 Å². The smallest absolute Gasteiger partial charge is 0.382 e. The first-order valence-electron chi connectivity index (χ1n) is 10.9. The average Bonchev–Trinajstić information content (AvgIpc) is 3.23. The van der Waals surface area contributed by atoms with Crippen molar-refractivity contribution in [3.05, 3.63) is 47.4 Å². The highest BCUT2D eigenvalue weighted by molar-refractivity contribution is 6.35. The molecule has 0 spiro atoms. The number of imidazole rings is 1. The first-order valence-corrected chi connectivity index (χ1v) is 11.3. The number of hydrogen-bond acceptors (Lipinski definition) is 7. The monoisotopic (exact) mass is 494 g/mol. The highest BCUT2D eigenvalue weighted by Gasteiger charge is 2.33. The minimum atomic E-state index is -4.51. The van der Waals surface area contributed by atoms with E-state index < -0.39 is 11.9 Å². The number of pyridine rings is 1. The summed E-state index contributed by atoms with van der Waals surface area (Å²) in [4.78, 5) is 20.6. The Morgan fingerprint density at radius 3 is 2.59 bits per heavy atom. The largest absolute Gasteiger partial charge is 0.433 e. The van der Waals surface area contributed by atoms with Crippen molar-refractivity contribution in [2.75, 3.05) is 44.4 Å². The second-order valence-electron chi connectivity index (χ2n) is 8.57. The van der Waals surface area contributed by atoms with Crippen LogP contribution in [0.1, 0.15) is 30.3 Å². The fourth-order valence-electron chi connectivity index (χ4n) is 4.07. The summed E-state index contributed by atoms with van der Waals surface area (Å²) in [7, 11) is 3.96. The fourth-order valence-corrected chi connectivity index (χ4v) is 4.29. The summed E-state index contributed by atoms with van der Waals surface area (Å²) in [5, 5.41) is 0.342.